The van der Waals surface area contributed by atoms with Crippen molar-refractivity contribution in [1.82, 2.24) is 4.90 Å². The van der Waals surface area contributed by atoms with Gasteiger partial charge in [-0.2, -0.15) is 11.8 Å². The van der Waals surface area contributed by atoms with Gasteiger partial charge in [0.05, 0.1) is 6.61 Å². The molecule has 1 saturated heterocycles. The number of esters is 1. The molecule has 1 aliphatic rings. The van der Waals surface area contributed by atoms with Gasteiger partial charge in [-0.3, -0.25) is 4.90 Å². The monoisotopic (exact) mass is 257 g/mol. The zero-order valence-corrected chi connectivity index (χ0v) is 11.9. The second-order valence-corrected chi connectivity index (χ2v) is 6.62. The first-order valence-corrected chi connectivity index (χ1v) is 7.21. The van der Waals surface area contributed by atoms with Crippen LogP contribution in [0.1, 0.15) is 27.2 Å². The summed E-state index contributed by atoms with van der Waals surface area (Å²) >= 11 is 2.04. The summed E-state index contributed by atoms with van der Waals surface area (Å²) in [6.07, 6.45) is 4.64. The average molecular weight is 257 g/mol. The molecule has 0 bridgehead atoms. The number of hydrogen-bond donors (Lipinski definition) is 0. The van der Waals surface area contributed by atoms with Crippen molar-refractivity contribution < 1.29 is 9.53 Å². The van der Waals surface area contributed by atoms with Gasteiger partial charge in [-0.15, -0.1) is 0 Å². The highest BCUT2D eigenvalue weighted by atomic mass is 32.2. The van der Waals surface area contributed by atoms with E-state index in [1.54, 1.807) is 0 Å². The fourth-order valence-corrected chi connectivity index (χ4v) is 2.87. The molecule has 1 fully saturated rings. The number of thioether (sulfide) groups is 1. The van der Waals surface area contributed by atoms with Crippen LogP contribution >= 0.6 is 11.8 Å². The Morgan fingerprint density at radius 2 is 2.24 bits per heavy atom. The lowest BCUT2D eigenvalue weighted by Crippen LogP contribution is -2.27. The summed E-state index contributed by atoms with van der Waals surface area (Å²) < 4.78 is 5.23. The second-order valence-electron chi connectivity index (χ2n) is 4.81. The first-order valence-electron chi connectivity index (χ1n) is 6.23. The van der Waals surface area contributed by atoms with Gasteiger partial charge in [0.15, 0.2) is 0 Å². The topological polar surface area (TPSA) is 29.5 Å². The van der Waals surface area contributed by atoms with E-state index in [9.17, 15) is 4.79 Å². The zero-order chi connectivity index (χ0) is 12.7. The molecule has 0 unspecified atom stereocenters. The number of rotatable bonds is 4. The Morgan fingerprint density at radius 1 is 1.47 bits per heavy atom. The van der Waals surface area contributed by atoms with Crippen molar-refractivity contribution in [2.45, 2.75) is 31.9 Å². The smallest absolute Gasteiger partial charge is 0.330 e. The van der Waals surface area contributed by atoms with Gasteiger partial charge in [0.2, 0.25) is 0 Å². The van der Waals surface area contributed by atoms with E-state index in [1.165, 1.54) is 18.2 Å². The molecule has 0 spiro atoms. The maximum Gasteiger partial charge on any atom is 0.330 e. The fraction of sp³-hybridized carbons (Fsp3) is 0.769. The van der Waals surface area contributed by atoms with Crippen molar-refractivity contribution >= 4 is 17.7 Å². The molecule has 0 atom stereocenters. The van der Waals surface area contributed by atoms with Crippen molar-refractivity contribution in [3.8, 4) is 0 Å². The van der Waals surface area contributed by atoms with Crippen LogP contribution in [0, 0.1) is 0 Å². The molecule has 17 heavy (non-hydrogen) atoms. The third-order valence-electron chi connectivity index (χ3n) is 2.83. The minimum Gasteiger partial charge on any atom is -0.463 e. The number of carbonyl (C=O) groups excluding carboxylic acids is 1. The molecule has 1 aliphatic heterocycles. The number of hydrogen-bond acceptors (Lipinski definition) is 4. The van der Waals surface area contributed by atoms with Crippen LogP contribution in [0.25, 0.3) is 0 Å². The summed E-state index contributed by atoms with van der Waals surface area (Å²) in [6, 6.07) is 0. The van der Waals surface area contributed by atoms with E-state index in [2.05, 4.69) is 18.7 Å². The number of nitrogens with zero attached hydrogens (tertiary/aromatic N) is 1. The van der Waals surface area contributed by atoms with Gasteiger partial charge in [-0.05, 0) is 19.9 Å². The van der Waals surface area contributed by atoms with E-state index in [0.717, 1.165) is 19.6 Å². The third kappa shape index (κ3) is 6.13. The SMILES string of the molecule is CCOC(=O)/C=C/CN1CCSC(C)(C)CC1. The van der Waals surface area contributed by atoms with Gasteiger partial charge in [0, 0.05) is 29.7 Å². The highest BCUT2D eigenvalue weighted by Gasteiger charge is 2.22. The van der Waals surface area contributed by atoms with Crippen molar-refractivity contribution in [2.24, 2.45) is 0 Å². The van der Waals surface area contributed by atoms with Gasteiger partial charge in [0.1, 0.15) is 0 Å². The molecular formula is C13H23NO2S. The summed E-state index contributed by atoms with van der Waals surface area (Å²) in [5.41, 5.74) is 0. The highest BCUT2D eigenvalue weighted by molar-refractivity contribution is 8.00. The molecule has 0 aliphatic carbocycles. The van der Waals surface area contributed by atoms with E-state index in [4.69, 9.17) is 4.74 Å². The van der Waals surface area contributed by atoms with Crippen LogP contribution in [0.4, 0.5) is 0 Å². The van der Waals surface area contributed by atoms with Gasteiger partial charge < -0.3 is 4.74 Å². The normalized spacial score (nSPS) is 21.4. The Labute approximate surface area is 109 Å². The number of carbonyl (C=O) groups is 1. The summed E-state index contributed by atoms with van der Waals surface area (Å²) in [4.78, 5) is 13.5. The minimum atomic E-state index is -0.239. The molecule has 0 aromatic carbocycles. The van der Waals surface area contributed by atoms with Crippen LogP contribution in [0.15, 0.2) is 12.2 Å². The molecule has 98 valence electrons. The van der Waals surface area contributed by atoms with Crippen molar-refractivity contribution in [2.75, 3.05) is 32.0 Å². The number of ether oxygens (including phenoxy) is 1. The molecule has 0 aromatic rings. The summed E-state index contributed by atoms with van der Waals surface area (Å²) in [5.74, 6) is 0.928. The van der Waals surface area contributed by atoms with Crippen LogP contribution in [0.2, 0.25) is 0 Å². The Bertz CT molecular complexity index is 277. The third-order valence-corrected chi connectivity index (χ3v) is 4.21. The lowest BCUT2D eigenvalue weighted by atomic mass is 10.1. The fourth-order valence-electron chi connectivity index (χ4n) is 1.73. The van der Waals surface area contributed by atoms with E-state index in [-0.39, 0.29) is 5.97 Å². The van der Waals surface area contributed by atoms with Gasteiger partial charge in [0.25, 0.3) is 0 Å². The van der Waals surface area contributed by atoms with Gasteiger partial charge in [-0.1, -0.05) is 19.9 Å². The lowest BCUT2D eigenvalue weighted by Gasteiger charge is -2.21. The molecule has 0 saturated carbocycles. The molecule has 1 rings (SSSR count). The molecule has 1 heterocycles. The van der Waals surface area contributed by atoms with Crippen LogP contribution in [-0.2, 0) is 9.53 Å². The Kier molecular flexibility index (Phi) is 6.06. The van der Waals surface area contributed by atoms with Gasteiger partial charge >= 0.3 is 5.97 Å². The molecule has 0 N–H and O–H groups in total. The lowest BCUT2D eigenvalue weighted by molar-refractivity contribution is -0.137. The van der Waals surface area contributed by atoms with Crippen LogP contribution in [-0.4, -0.2) is 47.6 Å². The zero-order valence-electron chi connectivity index (χ0n) is 11.1. The van der Waals surface area contributed by atoms with Crippen molar-refractivity contribution in [3.05, 3.63) is 12.2 Å². The minimum absolute atomic E-state index is 0.239. The molecule has 0 aromatic heterocycles. The van der Waals surface area contributed by atoms with Crippen LogP contribution in [0.5, 0.6) is 0 Å². The molecule has 0 radical (unpaired) electrons. The standard InChI is InChI=1S/C13H23NO2S/c1-4-16-12(15)6-5-8-14-9-7-13(2,3)17-11-10-14/h5-6H,4,7-11H2,1-3H3/b6-5+. The van der Waals surface area contributed by atoms with Crippen LogP contribution < -0.4 is 0 Å². The van der Waals surface area contributed by atoms with Crippen molar-refractivity contribution in [3.63, 3.8) is 0 Å². The van der Waals surface area contributed by atoms with E-state index in [0.29, 0.717) is 11.4 Å². The summed E-state index contributed by atoms with van der Waals surface area (Å²) in [7, 11) is 0. The first kappa shape index (κ1) is 14.6. The predicted octanol–water partition coefficient (Wildman–Crippen LogP) is 2.32. The highest BCUT2D eigenvalue weighted by Crippen LogP contribution is 2.30. The van der Waals surface area contributed by atoms with E-state index in [1.807, 2.05) is 24.8 Å². The predicted molar refractivity (Wildman–Crippen MR) is 73.4 cm³/mol. The van der Waals surface area contributed by atoms with Crippen molar-refractivity contribution in [1.29, 1.82) is 0 Å². The van der Waals surface area contributed by atoms with E-state index < -0.39 is 0 Å². The molecule has 4 heteroatoms. The Balaban J connectivity index is 2.30. The summed E-state index contributed by atoms with van der Waals surface area (Å²) in [6.45, 7) is 9.91. The maximum atomic E-state index is 11.1. The molecule has 3 nitrogen and oxygen atoms in total. The first-order chi connectivity index (χ1) is 8.03. The molecular weight excluding hydrogens is 234 g/mol. The quantitative estimate of drug-likeness (QED) is 0.571. The molecule has 0 amide bonds. The second kappa shape index (κ2) is 7.07. The largest absolute Gasteiger partial charge is 0.463 e. The van der Waals surface area contributed by atoms with Gasteiger partial charge in [-0.25, -0.2) is 4.79 Å². The summed E-state index contributed by atoms with van der Waals surface area (Å²) in [5, 5.41) is 0. The Hall–Kier alpha value is -0.480. The maximum absolute atomic E-state index is 11.1. The van der Waals surface area contributed by atoms with Crippen LogP contribution in [0.3, 0.4) is 0 Å². The average Bonchev–Trinajstić information content (AvgIpc) is 2.41. The Morgan fingerprint density at radius 3 is 2.94 bits per heavy atom. The van der Waals surface area contributed by atoms with E-state index >= 15 is 0 Å².